The van der Waals surface area contributed by atoms with Crippen LogP contribution >= 0.6 is 0 Å². The van der Waals surface area contributed by atoms with E-state index in [1.165, 1.54) is 21.7 Å². The van der Waals surface area contributed by atoms with Crippen LogP contribution in [0.3, 0.4) is 0 Å². The van der Waals surface area contributed by atoms with Crippen molar-refractivity contribution in [2.24, 2.45) is 11.8 Å². The molecule has 10 heteroatoms. The number of aromatic nitrogens is 4. The van der Waals surface area contributed by atoms with Gasteiger partial charge in [0.15, 0.2) is 0 Å². The van der Waals surface area contributed by atoms with Gasteiger partial charge in [-0.15, -0.1) is 5.10 Å². The SMILES string of the molecule is C[C@H]1CCCC[C@H]1NC(=O)[C@@H]1CCCN(S(=O)(=O)c2ccc(-n3cnnn3)cc2)C1. The Morgan fingerprint density at radius 1 is 1.10 bits per heavy atom. The number of piperidine rings is 1. The van der Waals surface area contributed by atoms with E-state index < -0.39 is 10.0 Å². The van der Waals surface area contributed by atoms with E-state index in [9.17, 15) is 13.2 Å². The van der Waals surface area contributed by atoms with E-state index in [0.717, 1.165) is 25.7 Å². The Balaban J connectivity index is 1.43. The van der Waals surface area contributed by atoms with Crippen molar-refractivity contribution in [3.63, 3.8) is 0 Å². The lowest BCUT2D eigenvalue weighted by Crippen LogP contribution is -2.49. The van der Waals surface area contributed by atoms with Crippen LogP contribution in [0.4, 0.5) is 0 Å². The highest BCUT2D eigenvalue weighted by Crippen LogP contribution is 2.27. The van der Waals surface area contributed by atoms with Gasteiger partial charge in [-0.25, -0.2) is 13.1 Å². The molecule has 0 unspecified atom stereocenters. The molecule has 0 spiro atoms. The van der Waals surface area contributed by atoms with Crippen molar-refractivity contribution in [1.29, 1.82) is 0 Å². The second kappa shape index (κ2) is 8.81. The zero-order valence-electron chi connectivity index (χ0n) is 17.1. The summed E-state index contributed by atoms with van der Waals surface area (Å²) in [5, 5.41) is 14.2. The van der Waals surface area contributed by atoms with E-state index in [1.54, 1.807) is 24.3 Å². The van der Waals surface area contributed by atoms with Crippen molar-refractivity contribution in [2.45, 2.75) is 56.4 Å². The largest absolute Gasteiger partial charge is 0.353 e. The van der Waals surface area contributed by atoms with Gasteiger partial charge in [0, 0.05) is 19.1 Å². The van der Waals surface area contributed by atoms with Crippen LogP contribution in [0.5, 0.6) is 0 Å². The van der Waals surface area contributed by atoms with Gasteiger partial charge < -0.3 is 5.32 Å². The van der Waals surface area contributed by atoms with Gasteiger partial charge in [-0.3, -0.25) is 4.79 Å². The second-order valence-electron chi connectivity index (χ2n) is 8.33. The number of hydrogen-bond donors (Lipinski definition) is 1. The highest BCUT2D eigenvalue weighted by Gasteiger charge is 2.34. The number of carbonyl (C=O) groups excluding carboxylic acids is 1. The predicted octanol–water partition coefficient (Wildman–Crippen LogP) is 1.76. The van der Waals surface area contributed by atoms with Crippen molar-refractivity contribution in [3.8, 4) is 5.69 Å². The molecule has 1 N–H and O–H groups in total. The van der Waals surface area contributed by atoms with Crippen LogP contribution in [0.1, 0.15) is 45.4 Å². The third-order valence-electron chi connectivity index (χ3n) is 6.28. The van der Waals surface area contributed by atoms with Crippen molar-refractivity contribution in [2.75, 3.05) is 13.1 Å². The van der Waals surface area contributed by atoms with Crippen molar-refractivity contribution >= 4 is 15.9 Å². The third kappa shape index (κ3) is 4.39. The number of tetrazole rings is 1. The van der Waals surface area contributed by atoms with Gasteiger partial charge in [-0.05, 0) is 66.3 Å². The molecule has 9 nitrogen and oxygen atoms in total. The van der Waals surface area contributed by atoms with E-state index >= 15 is 0 Å². The Bertz CT molecular complexity index is 961. The summed E-state index contributed by atoms with van der Waals surface area (Å²) in [7, 11) is -3.67. The summed E-state index contributed by atoms with van der Waals surface area (Å²) in [4.78, 5) is 13.1. The maximum absolute atomic E-state index is 13.1. The summed E-state index contributed by atoms with van der Waals surface area (Å²) in [6.07, 6.45) is 7.35. The van der Waals surface area contributed by atoms with Crippen LogP contribution in [-0.4, -0.2) is 58.0 Å². The first kappa shape index (κ1) is 20.9. The van der Waals surface area contributed by atoms with Crippen LogP contribution in [0.15, 0.2) is 35.5 Å². The number of rotatable bonds is 5. The molecule has 30 heavy (non-hydrogen) atoms. The van der Waals surface area contributed by atoms with Gasteiger partial charge in [0.25, 0.3) is 0 Å². The maximum atomic E-state index is 13.1. The van der Waals surface area contributed by atoms with Crippen molar-refractivity contribution in [1.82, 2.24) is 29.8 Å². The first-order valence-corrected chi connectivity index (χ1v) is 12.0. The molecule has 2 fully saturated rings. The fraction of sp³-hybridized carbons (Fsp3) is 0.600. The molecule has 2 heterocycles. The molecule has 3 atom stereocenters. The zero-order chi connectivity index (χ0) is 21.1. The van der Waals surface area contributed by atoms with Crippen LogP contribution in [0, 0.1) is 11.8 Å². The lowest BCUT2D eigenvalue weighted by Gasteiger charge is -2.34. The Kier molecular flexibility index (Phi) is 6.14. The average Bonchev–Trinajstić information content (AvgIpc) is 3.30. The number of sulfonamides is 1. The predicted molar refractivity (Wildman–Crippen MR) is 110 cm³/mol. The monoisotopic (exact) mass is 432 g/mol. The van der Waals surface area contributed by atoms with Gasteiger partial charge in [-0.2, -0.15) is 4.31 Å². The molecular formula is C20H28N6O3S. The molecular weight excluding hydrogens is 404 g/mol. The smallest absolute Gasteiger partial charge is 0.243 e. The highest BCUT2D eigenvalue weighted by molar-refractivity contribution is 7.89. The summed E-state index contributed by atoms with van der Waals surface area (Å²) < 4.78 is 29.2. The topological polar surface area (TPSA) is 110 Å². The number of carbonyl (C=O) groups is 1. The Labute approximate surface area is 176 Å². The number of benzene rings is 1. The standard InChI is InChI=1S/C20H28N6O3S/c1-15-5-2-3-7-19(15)22-20(27)16-6-4-12-25(13-16)30(28,29)18-10-8-17(9-11-18)26-14-21-23-24-26/h8-11,14-16,19H,2-7,12-13H2,1H3,(H,22,27)/t15-,16+,19+/m0/s1. The molecule has 162 valence electrons. The molecule has 2 aliphatic rings. The Hall–Kier alpha value is -2.33. The Morgan fingerprint density at radius 2 is 1.87 bits per heavy atom. The van der Waals surface area contributed by atoms with E-state index in [0.29, 0.717) is 24.6 Å². The van der Waals surface area contributed by atoms with Gasteiger partial charge in [0.1, 0.15) is 6.33 Å². The quantitative estimate of drug-likeness (QED) is 0.771. The lowest BCUT2D eigenvalue weighted by atomic mass is 9.85. The van der Waals surface area contributed by atoms with Crippen LogP contribution in [0.25, 0.3) is 5.69 Å². The van der Waals surface area contributed by atoms with Gasteiger partial charge >= 0.3 is 0 Å². The van der Waals surface area contributed by atoms with E-state index in [-0.39, 0.29) is 29.3 Å². The summed E-state index contributed by atoms with van der Waals surface area (Å²) in [6, 6.07) is 6.65. The van der Waals surface area contributed by atoms with Gasteiger partial charge in [-0.1, -0.05) is 19.8 Å². The molecule has 1 saturated carbocycles. The second-order valence-corrected chi connectivity index (χ2v) is 10.3. The van der Waals surface area contributed by atoms with E-state index in [2.05, 4.69) is 27.8 Å². The fourth-order valence-electron chi connectivity index (χ4n) is 4.41. The molecule has 4 rings (SSSR count). The zero-order valence-corrected chi connectivity index (χ0v) is 18.0. The number of hydrogen-bond acceptors (Lipinski definition) is 6. The minimum atomic E-state index is -3.67. The van der Waals surface area contributed by atoms with Crippen molar-refractivity contribution in [3.05, 3.63) is 30.6 Å². The summed E-state index contributed by atoms with van der Waals surface area (Å²) in [6.45, 7) is 2.84. The minimum absolute atomic E-state index is 0.0114. The first-order chi connectivity index (χ1) is 14.4. The van der Waals surface area contributed by atoms with E-state index in [4.69, 9.17) is 0 Å². The van der Waals surface area contributed by atoms with E-state index in [1.807, 2.05) is 0 Å². The summed E-state index contributed by atoms with van der Waals surface area (Å²) in [5.41, 5.74) is 0.677. The summed E-state index contributed by atoms with van der Waals surface area (Å²) >= 11 is 0. The summed E-state index contributed by atoms with van der Waals surface area (Å²) in [5.74, 6) is 0.163. The number of nitrogens with zero attached hydrogens (tertiary/aromatic N) is 5. The molecule has 1 saturated heterocycles. The third-order valence-corrected chi connectivity index (χ3v) is 8.16. The number of nitrogens with one attached hydrogen (secondary N) is 1. The molecule has 0 radical (unpaired) electrons. The maximum Gasteiger partial charge on any atom is 0.243 e. The lowest BCUT2D eigenvalue weighted by molar-refractivity contribution is -0.127. The van der Waals surface area contributed by atoms with Crippen LogP contribution in [-0.2, 0) is 14.8 Å². The normalized spacial score (nSPS) is 25.7. The van der Waals surface area contributed by atoms with Crippen molar-refractivity contribution < 1.29 is 13.2 Å². The molecule has 1 aliphatic heterocycles. The van der Waals surface area contributed by atoms with Gasteiger partial charge in [0.2, 0.25) is 15.9 Å². The Morgan fingerprint density at radius 3 is 2.57 bits per heavy atom. The molecule has 1 amide bonds. The van der Waals surface area contributed by atoms with Gasteiger partial charge in [0.05, 0.1) is 16.5 Å². The average molecular weight is 433 g/mol. The highest BCUT2D eigenvalue weighted by atomic mass is 32.2. The molecule has 1 aromatic heterocycles. The molecule has 0 bridgehead atoms. The minimum Gasteiger partial charge on any atom is -0.353 e. The van der Waals surface area contributed by atoms with Crippen LogP contribution < -0.4 is 5.32 Å². The first-order valence-electron chi connectivity index (χ1n) is 10.6. The molecule has 1 aromatic carbocycles. The van der Waals surface area contributed by atoms with Crippen LogP contribution in [0.2, 0.25) is 0 Å². The fourth-order valence-corrected chi connectivity index (χ4v) is 5.93. The number of amides is 1. The molecule has 1 aliphatic carbocycles. The molecule has 2 aromatic rings.